The molecule has 0 aliphatic carbocycles. The Morgan fingerprint density at radius 2 is 1.78 bits per heavy atom. The fraction of sp³-hybridized carbons (Fsp3) is 0.462. The van der Waals surface area contributed by atoms with E-state index in [0.717, 1.165) is 0 Å². The van der Waals surface area contributed by atoms with E-state index >= 15 is 0 Å². The summed E-state index contributed by atoms with van der Waals surface area (Å²) >= 11 is 0. The molecular formula is C13H16F2O3. The van der Waals surface area contributed by atoms with Gasteiger partial charge < -0.3 is 10.2 Å². The summed E-state index contributed by atoms with van der Waals surface area (Å²) in [6.45, 7) is 3.06. The van der Waals surface area contributed by atoms with E-state index in [4.69, 9.17) is 5.11 Å². The van der Waals surface area contributed by atoms with Crippen LogP contribution in [0.3, 0.4) is 0 Å². The third-order valence-electron chi connectivity index (χ3n) is 3.18. The minimum atomic E-state index is -2.61. The third-order valence-corrected chi connectivity index (χ3v) is 3.18. The molecule has 0 aromatic heterocycles. The van der Waals surface area contributed by atoms with Crippen molar-refractivity contribution in [1.29, 1.82) is 0 Å². The summed E-state index contributed by atoms with van der Waals surface area (Å²) in [5.41, 5.74) is 0.134. The summed E-state index contributed by atoms with van der Waals surface area (Å²) in [6, 6.07) is 5.42. The predicted molar refractivity (Wildman–Crippen MR) is 62.3 cm³/mol. The highest BCUT2D eigenvalue weighted by atomic mass is 19.3. The van der Waals surface area contributed by atoms with Crippen molar-refractivity contribution >= 4 is 5.97 Å². The summed E-state index contributed by atoms with van der Waals surface area (Å²) < 4.78 is 25.0. The Bertz CT molecular complexity index is 420. The van der Waals surface area contributed by atoms with Gasteiger partial charge in [0.05, 0.1) is 12.0 Å². The highest BCUT2D eigenvalue weighted by Gasteiger charge is 2.27. The minimum Gasteiger partial charge on any atom is -0.481 e. The van der Waals surface area contributed by atoms with Gasteiger partial charge in [0.2, 0.25) is 0 Å². The van der Waals surface area contributed by atoms with Crippen molar-refractivity contribution in [2.75, 3.05) is 0 Å². The lowest BCUT2D eigenvalue weighted by atomic mass is 9.86. The van der Waals surface area contributed by atoms with Crippen molar-refractivity contribution in [3.05, 3.63) is 35.4 Å². The number of rotatable bonds is 5. The Balaban J connectivity index is 2.93. The zero-order valence-electron chi connectivity index (χ0n) is 10.2. The molecule has 3 atom stereocenters. The molecule has 3 unspecified atom stereocenters. The Morgan fingerprint density at radius 3 is 2.28 bits per heavy atom. The molecule has 0 spiro atoms. The molecular weight excluding hydrogens is 242 g/mol. The molecule has 0 aliphatic heterocycles. The van der Waals surface area contributed by atoms with Gasteiger partial charge >= 0.3 is 5.97 Å². The van der Waals surface area contributed by atoms with Gasteiger partial charge in [-0.1, -0.05) is 32.0 Å². The van der Waals surface area contributed by atoms with E-state index in [1.807, 2.05) is 0 Å². The molecule has 0 heterocycles. The SMILES string of the molecule is CC(C(=O)O)C(C)C(O)c1cccc(C(F)F)c1. The Hall–Kier alpha value is -1.49. The van der Waals surface area contributed by atoms with Crippen molar-refractivity contribution in [1.82, 2.24) is 0 Å². The second-order valence-corrected chi connectivity index (χ2v) is 4.40. The van der Waals surface area contributed by atoms with Crippen LogP contribution in [0.25, 0.3) is 0 Å². The molecule has 0 bridgehead atoms. The molecule has 100 valence electrons. The van der Waals surface area contributed by atoms with Crippen LogP contribution >= 0.6 is 0 Å². The van der Waals surface area contributed by atoms with Gasteiger partial charge in [0.15, 0.2) is 0 Å². The lowest BCUT2D eigenvalue weighted by Gasteiger charge is -2.23. The molecule has 0 aliphatic rings. The van der Waals surface area contributed by atoms with Gasteiger partial charge in [-0.2, -0.15) is 0 Å². The van der Waals surface area contributed by atoms with Gasteiger partial charge in [0.25, 0.3) is 6.43 Å². The first-order chi connectivity index (χ1) is 8.34. The maximum Gasteiger partial charge on any atom is 0.306 e. The van der Waals surface area contributed by atoms with Crippen LogP contribution in [-0.2, 0) is 4.79 Å². The maximum atomic E-state index is 12.5. The summed E-state index contributed by atoms with van der Waals surface area (Å²) in [4.78, 5) is 10.8. The zero-order valence-corrected chi connectivity index (χ0v) is 10.2. The van der Waals surface area contributed by atoms with Crippen molar-refractivity contribution in [2.45, 2.75) is 26.4 Å². The van der Waals surface area contributed by atoms with Gasteiger partial charge in [0, 0.05) is 5.56 Å². The number of carboxylic acids is 1. The normalized spacial score (nSPS) is 16.3. The van der Waals surface area contributed by atoms with Gasteiger partial charge in [-0.25, -0.2) is 8.78 Å². The Morgan fingerprint density at radius 1 is 1.22 bits per heavy atom. The van der Waals surface area contributed by atoms with Crippen molar-refractivity contribution in [3.8, 4) is 0 Å². The Labute approximate surface area is 104 Å². The molecule has 0 saturated heterocycles. The van der Waals surface area contributed by atoms with Crippen LogP contribution in [0.4, 0.5) is 8.78 Å². The maximum absolute atomic E-state index is 12.5. The van der Waals surface area contributed by atoms with Crippen molar-refractivity contribution in [2.24, 2.45) is 11.8 Å². The quantitative estimate of drug-likeness (QED) is 0.853. The van der Waals surface area contributed by atoms with Gasteiger partial charge in [-0.3, -0.25) is 4.79 Å². The number of aliphatic hydroxyl groups excluding tert-OH is 1. The van der Waals surface area contributed by atoms with Crippen LogP contribution in [0.1, 0.15) is 37.5 Å². The van der Waals surface area contributed by atoms with Gasteiger partial charge in [-0.05, 0) is 17.5 Å². The summed E-state index contributed by atoms with van der Waals surface area (Å²) in [5, 5.41) is 18.9. The average molecular weight is 258 g/mol. The van der Waals surface area contributed by atoms with Crippen LogP contribution in [0, 0.1) is 11.8 Å². The molecule has 0 radical (unpaired) electrons. The summed E-state index contributed by atoms with van der Waals surface area (Å²) in [6.07, 6.45) is -3.68. The number of hydrogen-bond donors (Lipinski definition) is 2. The number of alkyl halides is 2. The number of halogens is 2. The van der Waals surface area contributed by atoms with E-state index in [-0.39, 0.29) is 5.56 Å². The van der Waals surface area contributed by atoms with Crippen molar-refractivity contribution in [3.63, 3.8) is 0 Å². The molecule has 0 fully saturated rings. The number of aliphatic carboxylic acids is 1. The average Bonchev–Trinajstić information content (AvgIpc) is 2.36. The molecule has 18 heavy (non-hydrogen) atoms. The summed E-state index contributed by atoms with van der Waals surface area (Å²) in [7, 11) is 0. The van der Waals surface area contributed by atoms with E-state index in [0.29, 0.717) is 5.56 Å². The molecule has 0 saturated carbocycles. The van der Waals surface area contributed by atoms with E-state index in [1.165, 1.54) is 31.2 Å². The number of carbonyl (C=O) groups is 1. The summed E-state index contributed by atoms with van der Waals surface area (Å²) in [5.74, 6) is -2.34. The number of benzene rings is 1. The van der Waals surface area contributed by atoms with E-state index in [9.17, 15) is 18.7 Å². The molecule has 1 aromatic carbocycles. The predicted octanol–water partition coefficient (Wildman–Crippen LogP) is 3.01. The Kier molecular flexibility index (Phi) is 4.78. The largest absolute Gasteiger partial charge is 0.481 e. The highest BCUT2D eigenvalue weighted by Crippen LogP contribution is 2.30. The minimum absolute atomic E-state index is 0.179. The molecule has 1 aromatic rings. The number of carboxylic acid groups (broad SMARTS) is 1. The van der Waals surface area contributed by atoms with Crippen LogP contribution in [-0.4, -0.2) is 16.2 Å². The molecule has 1 rings (SSSR count). The van der Waals surface area contributed by atoms with Gasteiger partial charge in [-0.15, -0.1) is 0 Å². The first-order valence-electron chi connectivity index (χ1n) is 5.63. The van der Waals surface area contributed by atoms with Crippen LogP contribution in [0.15, 0.2) is 24.3 Å². The molecule has 3 nitrogen and oxygen atoms in total. The topological polar surface area (TPSA) is 57.5 Å². The lowest BCUT2D eigenvalue weighted by Crippen LogP contribution is -2.23. The van der Waals surface area contributed by atoms with E-state index in [2.05, 4.69) is 0 Å². The zero-order chi connectivity index (χ0) is 13.9. The highest BCUT2D eigenvalue weighted by molar-refractivity contribution is 5.69. The van der Waals surface area contributed by atoms with E-state index in [1.54, 1.807) is 6.92 Å². The third kappa shape index (κ3) is 3.26. The van der Waals surface area contributed by atoms with E-state index < -0.39 is 30.3 Å². The van der Waals surface area contributed by atoms with Crippen LogP contribution < -0.4 is 0 Å². The monoisotopic (exact) mass is 258 g/mol. The van der Waals surface area contributed by atoms with Crippen LogP contribution in [0.2, 0.25) is 0 Å². The molecule has 0 amide bonds. The van der Waals surface area contributed by atoms with Crippen molar-refractivity contribution < 1.29 is 23.8 Å². The van der Waals surface area contributed by atoms with Crippen LogP contribution in [0.5, 0.6) is 0 Å². The number of hydrogen-bond acceptors (Lipinski definition) is 2. The fourth-order valence-electron chi connectivity index (χ4n) is 1.68. The molecule has 5 heteroatoms. The standard InChI is InChI=1S/C13H16F2O3/c1-7(8(2)13(17)18)11(16)9-4-3-5-10(6-9)12(14)15/h3-8,11-12,16H,1-2H3,(H,17,18). The first kappa shape index (κ1) is 14.6. The molecule has 2 N–H and O–H groups in total. The smallest absolute Gasteiger partial charge is 0.306 e. The fourth-order valence-corrected chi connectivity index (χ4v) is 1.68. The second-order valence-electron chi connectivity index (χ2n) is 4.40. The second kappa shape index (κ2) is 5.91. The number of aliphatic hydroxyl groups is 1. The van der Waals surface area contributed by atoms with Gasteiger partial charge in [0.1, 0.15) is 0 Å². The lowest BCUT2D eigenvalue weighted by molar-refractivity contribution is -0.144. The first-order valence-corrected chi connectivity index (χ1v) is 5.63.